The topological polar surface area (TPSA) is 66.3 Å². The number of piperazine rings is 1. The Morgan fingerprint density at radius 2 is 1.89 bits per heavy atom. The van der Waals surface area contributed by atoms with Crippen molar-refractivity contribution < 1.29 is 4.79 Å². The normalized spacial score (nSPS) is 16.6. The van der Waals surface area contributed by atoms with Crippen molar-refractivity contribution in [2.24, 2.45) is 0 Å². The average Bonchev–Trinajstić information content (AvgIpc) is 3.16. The van der Waals surface area contributed by atoms with Gasteiger partial charge in [-0.05, 0) is 20.0 Å². The van der Waals surface area contributed by atoms with Crippen molar-refractivity contribution in [3.8, 4) is 0 Å². The maximum Gasteiger partial charge on any atom is 0.243 e. The van der Waals surface area contributed by atoms with Gasteiger partial charge in [0.25, 0.3) is 0 Å². The highest BCUT2D eigenvalue weighted by Crippen LogP contribution is 2.20. The minimum Gasteiger partial charge on any atom is -0.354 e. The predicted octanol–water partition coefficient (Wildman–Crippen LogP) is 2.03. The van der Waals surface area contributed by atoms with Crippen molar-refractivity contribution in [3.63, 3.8) is 0 Å². The summed E-state index contributed by atoms with van der Waals surface area (Å²) in [4.78, 5) is 26.3. The molecule has 3 rings (SSSR count). The third-order valence-corrected chi connectivity index (χ3v) is 5.14. The number of hydrogen-bond donors (Lipinski definition) is 1. The number of nitrogens with one attached hydrogen (secondary N) is 1. The largest absolute Gasteiger partial charge is 0.354 e. The zero-order valence-corrected chi connectivity index (χ0v) is 16.7. The molecule has 0 spiro atoms. The highest BCUT2D eigenvalue weighted by atomic mass is 16.2. The van der Waals surface area contributed by atoms with E-state index in [1.807, 2.05) is 36.0 Å². The summed E-state index contributed by atoms with van der Waals surface area (Å²) >= 11 is 0. The van der Waals surface area contributed by atoms with Gasteiger partial charge < -0.3 is 19.7 Å². The number of aromatic nitrogens is 3. The van der Waals surface area contributed by atoms with E-state index in [9.17, 15) is 4.79 Å². The molecule has 2 aromatic rings. The second kappa shape index (κ2) is 8.52. The molecule has 1 atom stereocenters. The van der Waals surface area contributed by atoms with Gasteiger partial charge in [0, 0.05) is 62.8 Å². The van der Waals surface area contributed by atoms with E-state index in [1.165, 1.54) is 0 Å². The SMILES string of the molecule is CC(C)c1nccn1[C@H](C)C(=O)NCc1cccnc1N1CCN(C)CC1. The average molecular weight is 371 g/mol. The molecule has 3 heterocycles. The highest BCUT2D eigenvalue weighted by Gasteiger charge is 2.21. The Labute approximate surface area is 161 Å². The first-order valence-corrected chi connectivity index (χ1v) is 9.65. The quantitative estimate of drug-likeness (QED) is 0.843. The molecule has 7 heteroatoms. The Hall–Kier alpha value is -2.41. The van der Waals surface area contributed by atoms with Gasteiger partial charge in [-0.1, -0.05) is 19.9 Å². The molecule has 2 aromatic heterocycles. The number of likely N-dealkylation sites (N-methyl/N-ethyl adjacent to an activating group) is 1. The van der Waals surface area contributed by atoms with Crippen molar-refractivity contribution in [2.45, 2.75) is 39.3 Å². The summed E-state index contributed by atoms with van der Waals surface area (Å²) in [5.74, 6) is 2.17. The van der Waals surface area contributed by atoms with Gasteiger partial charge in [-0.2, -0.15) is 0 Å². The Kier molecular flexibility index (Phi) is 6.11. The van der Waals surface area contributed by atoms with Gasteiger partial charge in [-0.15, -0.1) is 0 Å². The molecule has 0 aliphatic carbocycles. The van der Waals surface area contributed by atoms with Gasteiger partial charge in [-0.3, -0.25) is 4.79 Å². The Bertz CT molecular complexity index is 763. The zero-order chi connectivity index (χ0) is 19.4. The summed E-state index contributed by atoms with van der Waals surface area (Å²) in [7, 11) is 2.14. The van der Waals surface area contributed by atoms with Gasteiger partial charge in [0.05, 0.1) is 0 Å². The van der Waals surface area contributed by atoms with Crippen molar-refractivity contribution in [1.29, 1.82) is 0 Å². The maximum absolute atomic E-state index is 12.7. The smallest absolute Gasteiger partial charge is 0.243 e. The number of carbonyl (C=O) groups is 1. The lowest BCUT2D eigenvalue weighted by Crippen LogP contribution is -2.45. The summed E-state index contributed by atoms with van der Waals surface area (Å²) in [6, 6.07) is 3.67. The number of nitrogens with zero attached hydrogens (tertiary/aromatic N) is 5. The van der Waals surface area contributed by atoms with E-state index in [2.05, 4.69) is 46.0 Å². The third-order valence-electron chi connectivity index (χ3n) is 5.14. The van der Waals surface area contributed by atoms with Crippen LogP contribution in [0.5, 0.6) is 0 Å². The molecule has 1 fully saturated rings. The van der Waals surface area contributed by atoms with Crippen LogP contribution >= 0.6 is 0 Å². The van der Waals surface area contributed by atoms with Crippen molar-refractivity contribution in [1.82, 2.24) is 24.8 Å². The van der Waals surface area contributed by atoms with Crippen LogP contribution in [-0.4, -0.2) is 58.6 Å². The lowest BCUT2D eigenvalue weighted by Gasteiger charge is -2.34. The first-order chi connectivity index (χ1) is 13.0. The molecule has 1 aliphatic heterocycles. The molecule has 0 unspecified atom stereocenters. The van der Waals surface area contributed by atoms with Crippen LogP contribution in [0.2, 0.25) is 0 Å². The molecular formula is C20H30N6O. The molecule has 0 bridgehead atoms. The van der Waals surface area contributed by atoms with Crippen LogP contribution in [0.25, 0.3) is 0 Å². The lowest BCUT2D eigenvalue weighted by atomic mass is 10.2. The number of hydrogen-bond acceptors (Lipinski definition) is 5. The Morgan fingerprint density at radius 3 is 2.59 bits per heavy atom. The van der Waals surface area contributed by atoms with Crippen LogP contribution in [0.15, 0.2) is 30.7 Å². The van der Waals surface area contributed by atoms with E-state index in [0.29, 0.717) is 6.54 Å². The minimum absolute atomic E-state index is 0.0110. The molecule has 1 saturated heterocycles. The molecule has 1 N–H and O–H groups in total. The summed E-state index contributed by atoms with van der Waals surface area (Å²) in [5, 5.41) is 3.08. The summed E-state index contributed by atoms with van der Waals surface area (Å²) < 4.78 is 1.95. The molecular weight excluding hydrogens is 340 g/mol. The summed E-state index contributed by atoms with van der Waals surface area (Å²) in [6.45, 7) is 10.5. The number of pyridine rings is 1. The predicted molar refractivity (Wildman–Crippen MR) is 107 cm³/mol. The fourth-order valence-electron chi connectivity index (χ4n) is 3.43. The summed E-state index contributed by atoms with van der Waals surface area (Å²) in [6.07, 6.45) is 5.45. The van der Waals surface area contributed by atoms with E-state index in [0.717, 1.165) is 43.4 Å². The van der Waals surface area contributed by atoms with Gasteiger partial charge >= 0.3 is 0 Å². The fourth-order valence-corrected chi connectivity index (χ4v) is 3.43. The van der Waals surface area contributed by atoms with E-state index in [-0.39, 0.29) is 17.9 Å². The maximum atomic E-state index is 12.7. The van der Waals surface area contributed by atoms with E-state index in [4.69, 9.17) is 0 Å². The second-order valence-corrected chi connectivity index (χ2v) is 7.52. The highest BCUT2D eigenvalue weighted by molar-refractivity contribution is 5.80. The van der Waals surface area contributed by atoms with Crippen molar-refractivity contribution in [2.75, 3.05) is 38.1 Å². The number of carbonyl (C=O) groups excluding carboxylic acids is 1. The standard InChI is InChI=1S/C20H30N6O/c1-15(2)18-22-8-9-26(18)16(3)20(27)23-14-17-6-5-7-21-19(17)25-12-10-24(4)11-13-25/h5-9,15-16H,10-14H2,1-4H3,(H,23,27)/t16-/m1/s1. The first kappa shape index (κ1) is 19.4. The van der Waals surface area contributed by atoms with E-state index >= 15 is 0 Å². The molecule has 7 nitrogen and oxygen atoms in total. The fraction of sp³-hybridized carbons (Fsp3) is 0.550. The molecule has 0 aromatic carbocycles. The van der Waals surface area contributed by atoms with Gasteiger partial charge in [-0.25, -0.2) is 9.97 Å². The van der Waals surface area contributed by atoms with Crippen molar-refractivity contribution >= 4 is 11.7 Å². The Balaban J connectivity index is 1.66. The Morgan fingerprint density at radius 1 is 1.15 bits per heavy atom. The number of rotatable bonds is 6. The van der Waals surface area contributed by atoms with E-state index < -0.39 is 0 Å². The lowest BCUT2D eigenvalue weighted by molar-refractivity contribution is -0.124. The van der Waals surface area contributed by atoms with Crippen LogP contribution in [0.1, 0.15) is 44.1 Å². The van der Waals surface area contributed by atoms with Crippen LogP contribution in [0, 0.1) is 0 Å². The number of anilines is 1. The van der Waals surface area contributed by atoms with Crippen LogP contribution in [-0.2, 0) is 11.3 Å². The van der Waals surface area contributed by atoms with Crippen molar-refractivity contribution in [3.05, 3.63) is 42.1 Å². The minimum atomic E-state index is -0.298. The number of amides is 1. The first-order valence-electron chi connectivity index (χ1n) is 9.65. The third kappa shape index (κ3) is 4.47. The van der Waals surface area contributed by atoms with E-state index in [1.54, 1.807) is 6.20 Å². The van der Waals surface area contributed by atoms with Gasteiger partial charge in [0.2, 0.25) is 5.91 Å². The summed E-state index contributed by atoms with van der Waals surface area (Å²) in [5.41, 5.74) is 1.05. The zero-order valence-electron chi connectivity index (χ0n) is 16.7. The van der Waals surface area contributed by atoms with Crippen LogP contribution in [0.4, 0.5) is 5.82 Å². The number of imidazole rings is 1. The molecule has 1 aliphatic rings. The van der Waals surface area contributed by atoms with Crippen LogP contribution in [0.3, 0.4) is 0 Å². The molecule has 146 valence electrons. The second-order valence-electron chi connectivity index (χ2n) is 7.52. The molecule has 27 heavy (non-hydrogen) atoms. The molecule has 0 saturated carbocycles. The van der Waals surface area contributed by atoms with Gasteiger partial charge in [0.15, 0.2) is 0 Å². The van der Waals surface area contributed by atoms with Gasteiger partial charge in [0.1, 0.15) is 17.7 Å². The monoisotopic (exact) mass is 370 g/mol. The molecule has 0 radical (unpaired) electrons. The molecule has 1 amide bonds. The van der Waals surface area contributed by atoms with Crippen LogP contribution < -0.4 is 10.2 Å².